The van der Waals surface area contributed by atoms with Gasteiger partial charge in [-0.1, -0.05) is 43.1 Å². The Hall–Kier alpha value is -1.16. The number of halogens is 1. The molecule has 2 aromatic rings. The van der Waals surface area contributed by atoms with Crippen LogP contribution in [0.5, 0.6) is 0 Å². The number of aliphatic hydroxyl groups is 1. The van der Waals surface area contributed by atoms with Gasteiger partial charge in [0.05, 0.1) is 11.6 Å². The van der Waals surface area contributed by atoms with Gasteiger partial charge in [0.1, 0.15) is 5.15 Å². The number of hydrogen-bond donors (Lipinski definition) is 1. The van der Waals surface area contributed by atoms with Gasteiger partial charge in [-0.05, 0) is 48.9 Å². The van der Waals surface area contributed by atoms with Gasteiger partial charge in [-0.3, -0.25) is 4.90 Å². The molecule has 2 bridgehead atoms. The van der Waals surface area contributed by atoms with Crippen molar-refractivity contribution in [1.82, 2.24) is 9.88 Å². The number of hydrogen-bond acceptors (Lipinski definition) is 3. The number of aliphatic hydroxyl groups excluding tert-OH is 1. The molecule has 1 aromatic carbocycles. The molecule has 4 heteroatoms. The Balaban J connectivity index is 1.69. The molecule has 3 nitrogen and oxygen atoms in total. The zero-order valence-corrected chi connectivity index (χ0v) is 14.2. The molecule has 3 aliphatic rings. The summed E-state index contributed by atoms with van der Waals surface area (Å²) in [5.74, 6) is 1.55. The summed E-state index contributed by atoms with van der Waals surface area (Å²) in [6.07, 6.45) is 3.11. The molecular weight excluding hydrogens is 308 g/mol. The third-order valence-electron chi connectivity index (χ3n) is 5.86. The predicted molar refractivity (Wildman–Crippen MR) is 93.6 cm³/mol. The predicted octanol–water partition coefficient (Wildman–Crippen LogP) is 4.04. The largest absolute Gasteiger partial charge is 0.387 e. The Morgan fingerprint density at radius 1 is 1.39 bits per heavy atom. The van der Waals surface area contributed by atoms with Gasteiger partial charge < -0.3 is 5.11 Å². The van der Waals surface area contributed by atoms with Gasteiger partial charge in [0.2, 0.25) is 0 Å². The number of para-hydroxylation sites is 1. The van der Waals surface area contributed by atoms with Crippen molar-refractivity contribution in [3.63, 3.8) is 0 Å². The van der Waals surface area contributed by atoms with Crippen LogP contribution in [0.3, 0.4) is 0 Å². The van der Waals surface area contributed by atoms with Gasteiger partial charge in [0.25, 0.3) is 0 Å². The van der Waals surface area contributed by atoms with Gasteiger partial charge in [-0.15, -0.1) is 0 Å². The molecule has 0 saturated carbocycles. The van der Waals surface area contributed by atoms with Crippen molar-refractivity contribution in [3.8, 4) is 0 Å². The molecule has 23 heavy (non-hydrogen) atoms. The van der Waals surface area contributed by atoms with Crippen LogP contribution in [0.2, 0.25) is 5.15 Å². The summed E-state index contributed by atoms with van der Waals surface area (Å²) < 4.78 is 0. The highest BCUT2D eigenvalue weighted by molar-refractivity contribution is 6.29. The Kier molecular flexibility index (Phi) is 4.04. The summed E-state index contributed by atoms with van der Waals surface area (Å²) in [7, 11) is 0. The summed E-state index contributed by atoms with van der Waals surface area (Å²) in [5, 5.41) is 12.6. The van der Waals surface area contributed by atoms with E-state index in [-0.39, 0.29) is 6.04 Å². The summed E-state index contributed by atoms with van der Waals surface area (Å²) in [6.45, 7) is 4.52. The highest BCUT2D eigenvalue weighted by Crippen LogP contribution is 2.42. The number of rotatable bonds is 3. The maximum atomic E-state index is 11.1. The Labute approximate surface area is 142 Å². The van der Waals surface area contributed by atoms with E-state index >= 15 is 0 Å². The molecule has 5 rings (SSSR count). The average molecular weight is 331 g/mol. The fraction of sp³-hybridized carbons (Fsp3) is 0.526. The molecule has 5 atom stereocenters. The third-order valence-corrected chi connectivity index (χ3v) is 6.05. The molecule has 4 heterocycles. The van der Waals surface area contributed by atoms with Crippen LogP contribution in [-0.4, -0.2) is 34.1 Å². The molecule has 122 valence electrons. The molecule has 1 N–H and O–H groups in total. The first-order chi connectivity index (χ1) is 11.2. The van der Waals surface area contributed by atoms with E-state index in [1.54, 1.807) is 0 Å². The maximum Gasteiger partial charge on any atom is 0.130 e. The second-order valence-electron chi connectivity index (χ2n) is 7.01. The molecular formula is C19H23ClN2O. The molecule has 3 fully saturated rings. The zero-order chi connectivity index (χ0) is 16.0. The van der Waals surface area contributed by atoms with E-state index in [0.29, 0.717) is 5.15 Å². The monoisotopic (exact) mass is 330 g/mol. The highest BCUT2D eigenvalue weighted by atomic mass is 35.5. The van der Waals surface area contributed by atoms with Crippen molar-refractivity contribution < 1.29 is 5.11 Å². The van der Waals surface area contributed by atoms with E-state index in [1.807, 2.05) is 30.3 Å². The lowest BCUT2D eigenvalue weighted by Crippen LogP contribution is -2.55. The molecule has 3 aliphatic heterocycles. The van der Waals surface area contributed by atoms with Crippen LogP contribution in [0.1, 0.15) is 37.9 Å². The standard InChI is InChI=1S/C19H23ClN2O/c1-2-12-11-22-8-7-13(12)9-17(22)19(23)15-10-18(20)21-16-6-4-3-5-14(15)16/h3-6,10,12-13,17,19,23H,2,7-9,11H2,1H3. The molecule has 0 radical (unpaired) electrons. The number of fused-ring (bicyclic) bond motifs is 4. The lowest BCUT2D eigenvalue weighted by atomic mass is 9.72. The zero-order valence-electron chi connectivity index (χ0n) is 13.5. The van der Waals surface area contributed by atoms with E-state index < -0.39 is 6.10 Å². The summed E-state index contributed by atoms with van der Waals surface area (Å²) in [6, 6.07) is 9.99. The van der Waals surface area contributed by atoms with E-state index in [0.717, 1.165) is 47.8 Å². The van der Waals surface area contributed by atoms with E-state index in [4.69, 9.17) is 11.6 Å². The van der Waals surface area contributed by atoms with Crippen molar-refractivity contribution in [3.05, 3.63) is 41.0 Å². The molecule has 1 aromatic heterocycles. The Morgan fingerprint density at radius 2 is 2.22 bits per heavy atom. The fourth-order valence-corrected chi connectivity index (χ4v) is 4.80. The molecule has 3 saturated heterocycles. The summed E-state index contributed by atoms with van der Waals surface area (Å²) in [5.41, 5.74) is 1.78. The van der Waals surface area contributed by atoms with Gasteiger partial charge in [0, 0.05) is 18.0 Å². The minimum atomic E-state index is -0.499. The van der Waals surface area contributed by atoms with Crippen LogP contribution in [0.15, 0.2) is 30.3 Å². The van der Waals surface area contributed by atoms with Crippen molar-refractivity contribution in [1.29, 1.82) is 0 Å². The summed E-state index contributed by atoms with van der Waals surface area (Å²) >= 11 is 6.20. The molecule has 0 aliphatic carbocycles. The van der Waals surface area contributed by atoms with Gasteiger partial charge in [-0.2, -0.15) is 0 Å². The van der Waals surface area contributed by atoms with Crippen LogP contribution < -0.4 is 0 Å². The third kappa shape index (κ3) is 2.65. The number of piperidine rings is 3. The lowest BCUT2D eigenvalue weighted by Gasteiger charge is -2.51. The molecule has 0 spiro atoms. The second-order valence-corrected chi connectivity index (χ2v) is 7.40. The first-order valence-electron chi connectivity index (χ1n) is 8.64. The van der Waals surface area contributed by atoms with Crippen LogP contribution in [0, 0.1) is 11.8 Å². The first-order valence-corrected chi connectivity index (χ1v) is 9.02. The van der Waals surface area contributed by atoms with E-state index in [1.165, 1.54) is 12.8 Å². The minimum absolute atomic E-state index is 0.207. The molecule has 0 amide bonds. The van der Waals surface area contributed by atoms with Crippen LogP contribution in [0.25, 0.3) is 10.9 Å². The van der Waals surface area contributed by atoms with Crippen molar-refractivity contribution in [2.45, 2.75) is 38.3 Å². The van der Waals surface area contributed by atoms with Gasteiger partial charge in [-0.25, -0.2) is 4.98 Å². The quantitative estimate of drug-likeness (QED) is 0.863. The van der Waals surface area contributed by atoms with E-state index in [9.17, 15) is 5.11 Å². The molecule has 5 unspecified atom stereocenters. The average Bonchev–Trinajstić information content (AvgIpc) is 2.60. The number of pyridine rings is 1. The SMILES string of the molecule is CCC1CN2CCC1CC2C(O)c1cc(Cl)nc2ccccc12. The highest BCUT2D eigenvalue weighted by Gasteiger charge is 2.42. The van der Waals surface area contributed by atoms with E-state index in [2.05, 4.69) is 16.8 Å². The van der Waals surface area contributed by atoms with Crippen molar-refractivity contribution in [2.75, 3.05) is 13.1 Å². The number of nitrogens with zero attached hydrogens (tertiary/aromatic N) is 2. The topological polar surface area (TPSA) is 36.4 Å². The fourth-order valence-electron chi connectivity index (χ4n) is 4.59. The first kappa shape index (κ1) is 15.4. The normalized spacial score (nSPS) is 31.4. The smallest absolute Gasteiger partial charge is 0.130 e. The van der Waals surface area contributed by atoms with Crippen molar-refractivity contribution >= 4 is 22.5 Å². The maximum absolute atomic E-state index is 11.1. The second kappa shape index (κ2) is 6.04. The van der Waals surface area contributed by atoms with Crippen LogP contribution in [-0.2, 0) is 0 Å². The van der Waals surface area contributed by atoms with Crippen LogP contribution >= 0.6 is 11.6 Å². The summed E-state index contributed by atoms with van der Waals surface area (Å²) in [4.78, 5) is 6.87. The Bertz CT molecular complexity index is 720. The van der Waals surface area contributed by atoms with Gasteiger partial charge in [0.15, 0.2) is 0 Å². The van der Waals surface area contributed by atoms with Crippen molar-refractivity contribution in [2.24, 2.45) is 11.8 Å². The Morgan fingerprint density at radius 3 is 2.96 bits per heavy atom. The minimum Gasteiger partial charge on any atom is -0.387 e. The number of aromatic nitrogens is 1. The van der Waals surface area contributed by atoms with Crippen LogP contribution in [0.4, 0.5) is 0 Å². The van der Waals surface area contributed by atoms with Gasteiger partial charge >= 0.3 is 0 Å². The lowest BCUT2D eigenvalue weighted by molar-refractivity contribution is -0.0562. The number of benzene rings is 1.